The van der Waals surface area contributed by atoms with Gasteiger partial charge in [0.25, 0.3) is 5.56 Å². The van der Waals surface area contributed by atoms with Crippen LogP contribution in [0.5, 0.6) is 5.75 Å². The van der Waals surface area contributed by atoms with E-state index >= 15 is 0 Å². The number of fused-ring (bicyclic) bond motifs is 1. The van der Waals surface area contributed by atoms with E-state index in [1.54, 1.807) is 25.6 Å². The van der Waals surface area contributed by atoms with Gasteiger partial charge in [0.1, 0.15) is 5.75 Å². The van der Waals surface area contributed by atoms with Gasteiger partial charge in [-0.05, 0) is 29.8 Å². The normalized spacial score (nSPS) is 10.7. The van der Waals surface area contributed by atoms with Crippen LogP contribution in [0.1, 0.15) is 0 Å². The zero-order valence-corrected chi connectivity index (χ0v) is 9.75. The molecule has 3 aromatic rings. The molecule has 18 heavy (non-hydrogen) atoms. The van der Waals surface area contributed by atoms with Crippen LogP contribution in [-0.2, 0) is 0 Å². The van der Waals surface area contributed by atoms with Crippen LogP contribution >= 0.6 is 0 Å². The van der Waals surface area contributed by atoms with Crippen molar-refractivity contribution in [2.75, 3.05) is 7.11 Å². The smallest absolute Gasteiger partial charge is 0.259 e. The highest BCUT2D eigenvalue weighted by atomic mass is 16.5. The first-order chi connectivity index (χ1) is 8.78. The molecule has 2 heterocycles. The average Bonchev–Trinajstić information content (AvgIpc) is 2.88. The van der Waals surface area contributed by atoms with E-state index in [4.69, 9.17) is 4.74 Å². The molecule has 90 valence electrons. The fraction of sp³-hybridized carbons (Fsp3) is 0.0769. The van der Waals surface area contributed by atoms with E-state index < -0.39 is 0 Å². The van der Waals surface area contributed by atoms with E-state index in [-0.39, 0.29) is 5.56 Å². The van der Waals surface area contributed by atoms with Gasteiger partial charge >= 0.3 is 0 Å². The number of ether oxygens (including phenoxy) is 1. The Balaban J connectivity index is 2.15. The number of nitrogens with one attached hydrogen (secondary N) is 1. The minimum absolute atomic E-state index is 0.105. The Morgan fingerprint density at radius 2 is 2.06 bits per heavy atom. The highest BCUT2D eigenvalue weighted by molar-refractivity contribution is 5.61. The molecule has 0 spiro atoms. The number of benzene rings is 1. The molecule has 0 aliphatic carbocycles. The summed E-state index contributed by atoms with van der Waals surface area (Å²) >= 11 is 0. The molecule has 0 fully saturated rings. The number of hydrogen-bond acceptors (Lipinski definition) is 3. The lowest BCUT2D eigenvalue weighted by Crippen LogP contribution is -2.12. The summed E-state index contributed by atoms with van der Waals surface area (Å²) in [7, 11) is 1.62. The molecule has 0 saturated heterocycles. The number of aromatic amines is 1. The van der Waals surface area contributed by atoms with Crippen LogP contribution in [0.4, 0.5) is 0 Å². The molecule has 1 aromatic carbocycles. The van der Waals surface area contributed by atoms with Crippen molar-refractivity contribution in [3.8, 4) is 17.0 Å². The SMILES string of the molecule is COc1ccc(-c2cc(=O)n3ccnc3[nH]2)cc1. The van der Waals surface area contributed by atoms with Gasteiger partial charge in [-0.25, -0.2) is 4.98 Å². The van der Waals surface area contributed by atoms with Crippen molar-refractivity contribution in [3.63, 3.8) is 0 Å². The van der Waals surface area contributed by atoms with Crippen molar-refractivity contribution in [2.45, 2.75) is 0 Å². The molecular weight excluding hydrogens is 230 g/mol. The van der Waals surface area contributed by atoms with Crippen molar-refractivity contribution in [1.82, 2.24) is 14.4 Å². The topological polar surface area (TPSA) is 59.4 Å². The fourth-order valence-corrected chi connectivity index (χ4v) is 1.85. The largest absolute Gasteiger partial charge is 0.497 e. The van der Waals surface area contributed by atoms with Gasteiger partial charge in [0.05, 0.1) is 12.8 Å². The number of aromatic nitrogens is 3. The molecule has 0 saturated carbocycles. The molecule has 0 aliphatic rings. The molecule has 0 atom stereocenters. The molecule has 0 unspecified atom stereocenters. The van der Waals surface area contributed by atoms with E-state index in [2.05, 4.69) is 9.97 Å². The number of rotatable bonds is 2. The van der Waals surface area contributed by atoms with E-state index in [0.29, 0.717) is 5.78 Å². The van der Waals surface area contributed by atoms with Gasteiger partial charge in [-0.3, -0.25) is 9.20 Å². The van der Waals surface area contributed by atoms with Crippen molar-refractivity contribution >= 4 is 5.78 Å². The van der Waals surface area contributed by atoms with Crippen LogP contribution in [0, 0.1) is 0 Å². The van der Waals surface area contributed by atoms with Crippen molar-refractivity contribution in [1.29, 1.82) is 0 Å². The zero-order chi connectivity index (χ0) is 12.5. The van der Waals surface area contributed by atoms with Gasteiger partial charge in [0, 0.05) is 18.5 Å². The number of methoxy groups -OCH3 is 1. The van der Waals surface area contributed by atoms with E-state index in [0.717, 1.165) is 17.0 Å². The molecular formula is C13H11N3O2. The molecule has 0 aliphatic heterocycles. The van der Waals surface area contributed by atoms with Crippen LogP contribution in [0.15, 0.2) is 47.5 Å². The van der Waals surface area contributed by atoms with Gasteiger partial charge in [-0.15, -0.1) is 0 Å². The third-order valence-electron chi connectivity index (χ3n) is 2.79. The summed E-state index contributed by atoms with van der Waals surface area (Å²) < 4.78 is 6.56. The highest BCUT2D eigenvalue weighted by Gasteiger charge is 2.04. The lowest BCUT2D eigenvalue weighted by atomic mass is 10.1. The highest BCUT2D eigenvalue weighted by Crippen LogP contribution is 2.19. The summed E-state index contributed by atoms with van der Waals surface area (Å²) in [5, 5.41) is 0. The second-order valence-electron chi connectivity index (χ2n) is 3.87. The lowest BCUT2D eigenvalue weighted by molar-refractivity contribution is 0.415. The fourth-order valence-electron chi connectivity index (χ4n) is 1.85. The van der Waals surface area contributed by atoms with Gasteiger partial charge < -0.3 is 9.72 Å². The van der Waals surface area contributed by atoms with E-state index in [9.17, 15) is 4.79 Å². The van der Waals surface area contributed by atoms with Crippen molar-refractivity contribution in [2.24, 2.45) is 0 Å². The van der Waals surface area contributed by atoms with E-state index in [1.807, 2.05) is 24.3 Å². The van der Waals surface area contributed by atoms with Crippen molar-refractivity contribution in [3.05, 3.63) is 53.1 Å². The minimum atomic E-state index is -0.105. The monoisotopic (exact) mass is 241 g/mol. The number of imidazole rings is 1. The molecule has 0 bridgehead atoms. The molecule has 2 aromatic heterocycles. The standard InChI is InChI=1S/C13H11N3O2/c1-18-10-4-2-9(3-5-10)11-8-12(17)16-7-6-14-13(16)15-11/h2-8H,1H3,(H,14,15). The van der Waals surface area contributed by atoms with E-state index in [1.165, 1.54) is 4.40 Å². The predicted octanol–water partition coefficient (Wildman–Crippen LogP) is 1.70. The third kappa shape index (κ3) is 1.66. The molecule has 0 radical (unpaired) electrons. The Hall–Kier alpha value is -2.56. The summed E-state index contributed by atoms with van der Waals surface area (Å²) in [5.74, 6) is 1.32. The Morgan fingerprint density at radius 1 is 1.28 bits per heavy atom. The van der Waals surface area contributed by atoms with Crippen LogP contribution in [0.2, 0.25) is 0 Å². The van der Waals surface area contributed by atoms with Crippen LogP contribution in [-0.4, -0.2) is 21.5 Å². The molecule has 5 heteroatoms. The number of H-pyrrole nitrogens is 1. The van der Waals surface area contributed by atoms with Gasteiger partial charge in [-0.2, -0.15) is 0 Å². The van der Waals surface area contributed by atoms with Crippen LogP contribution in [0.25, 0.3) is 17.0 Å². The molecule has 5 nitrogen and oxygen atoms in total. The number of nitrogens with zero attached hydrogens (tertiary/aromatic N) is 2. The average molecular weight is 241 g/mol. The quantitative estimate of drug-likeness (QED) is 0.742. The second kappa shape index (κ2) is 4.03. The second-order valence-corrected chi connectivity index (χ2v) is 3.87. The Morgan fingerprint density at radius 3 is 2.78 bits per heavy atom. The first-order valence-electron chi connectivity index (χ1n) is 5.49. The molecule has 3 rings (SSSR count). The summed E-state index contributed by atoms with van der Waals surface area (Å²) in [5.41, 5.74) is 1.55. The summed E-state index contributed by atoms with van der Waals surface area (Å²) in [6, 6.07) is 9.04. The Bertz CT molecular complexity index is 741. The zero-order valence-electron chi connectivity index (χ0n) is 9.75. The maximum Gasteiger partial charge on any atom is 0.259 e. The number of hydrogen-bond donors (Lipinski definition) is 1. The first-order valence-corrected chi connectivity index (χ1v) is 5.49. The summed E-state index contributed by atoms with van der Waals surface area (Å²) in [6.45, 7) is 0. The maximum absolute atomic E-state index is 11.8. The summed E-state index contributed by atoms with van der Waals surface area (Å²) in [6.07, 6.45) is 3.22. The summed E-state index contributed by atoms with van der Waals surface area (Å²) in [4.78, 5) is 19.0. The lowest BCUT2D eigenvalue weighted by Gasteiger charge is -2.04. The minimum Gasteiger partial charge on any atom is -0.497 e. The molecule has 0 amide bonds. The van der Waals surface area contributed by atoms with Crippen LogP contribution < -0.4 is 10.3 Å². The molecule has 1 N–H and O–H groups in total. The van der Waals surface area contributed by atoms with Gasteiger partial charge in [0.15, 0.2) is 0 Å². The third-order valence-corrected chi connectivity index (χ3v) is 2.79. The Kier molecular flexibility index (Phi) is 2.37. The predicted molar refractivity (Wildman–Crippen MR) is 67.8 cm³/mol. The van der Waals surface area contributed by atoms with Gasteiger partial charge in [-0.1, -0.05) is 0 Å². The van der Waals surface area contributed by atoms with Gasteiger partial charge in [0.2, 0.25) is 5.78 Å². The van der Waals surface area contributed by atoms with Crippen molar-refractivity contribution < 1.29 is 4.74 Å². The maximum atomic E-state index is 11.8. The van der Waals surface area contributed by atoms with Crippen LogP contribution in [0.3, 0.4) is 0 Å². The first kappa shape index (κ1) is 10.6. The Labute approximate surface area is 103 Å².